The molecule has 5 heteroatoms. The van der Waals surface area contributed by atoms with Crippen LogP contribution >= 0.6 is 11.6 Å². The highest BCUT2D eigenvalue weighted by atomic mass is 35.5. The van der Waals surface area contributed by atoms with Gasteiger partial charge in [-0.3, -0.25) is 0 Å². The molecule has 90 valence electrons. The molecule has 0 unspecified atom stereocenters. The van der Waals surface area contributed by atoms with E-state index in [4.69, 9.17) is 16.7 Å². The lowest BCUT2D eigenvalue weighted by Gasteiger charge is -2.21. The quantitative estimate of drug-likeness (QED) is 0.904. The third kappa shape index (κ3) is 3.47. The first-order chi connectivity index (χ1) is 7.27. The maximum Gasteiger partial charge on any atom is 0.178 e. The van der Waals surface area contributed by atoms with E-state index in [2.05, 4.69) is 0 Å². The minimum Gasteiger partial charge on any atom is -0.396 e. The molecule has 0 radical (unpaired) electrons. The lowest BCUT2D eigenvalue weighted by molar-refractivity contribution is 0.179. The van der Waals surface area contributed by atoms with Crippen LogP contribution in [0.4, 0.5) is 0 Å². The van der Waals surface area contributed by atoms with Crippen molar-refractivity contribution < 1.29 is 13.5 Å². The van der Waals surface area contributed by atoms with Crippen LogP contribution in [-0.4, -0.2) is 25.9 Å². The molecule has 0 amide bonds. The first kappa shape index (κ1) is 13.5. The number of rotatable bonds is 4. The smallest absolute Gasteiger partial charge is 0.178 e. The summed E-state index contributed by atoms with van der Waals surface area (Å²) in [6.07, 6.45) is 0. The summed E-state index contributed by atoms with van der Waals surface area (Å²) >= 11 is 5.69. The zero-order valence-corrected chi connectivity index (χ0v) is 10.8. The number of sulfone groups is 1. The molecule has 0 heterocycles. The lowest BCUT2D eigenvalue weighted by Crippen LogP contribution is -2.27. The van der Waals surface area contributed by atoms with Crippen molar-refractivity contribution >= 4 is 21.4 Å². The van der Waals surface area contributed by atoms with Crippen LogP contribution in [0.2, 0.25) is 5.02 Å². The second-order valence-corrected chi connectivity index (χ2v) is 6.96. The zero-order valence-electron chi connectivity index (χ0n) is 9.27. The van der Waals surface area contributed by atoms with Gasteiger partial charge in [0, 0.05) is 17.0 Å². The monoisotopic (exact) mass is 262 g/mol. The average molecular weight is 263 g/mol. The van der Waals surface area contributed by atoms with Gasteiger partial charge in [-0.05, 0) is 24.3 Å². The van der Waals surface area contributed by atoms with E-state index in [9.17, 15) is 8.42 Å². The van der Waals surface area contributed by atoms with Crippen LogP contribution in [0, 0.1) is 5.41 Å². The van der Waals surface area contributed by atoms with Crippen molar-refractivity contribution in [1.82, 2.24) is 0 Å². The van der Waals surface area contributed by atoms with Crippen LogP contribution in [-0.2, 0) is 9.84 Å². The molecule has 0 fully saturated rings. The van der Waals surface area contributed by atoms with Crippen LogP contribution < -0.4 is 0 Å². The highest BCUT2D eigenvalue weighted by Gasteiger charge is 2.26. The van der Waals surface area contributed by atoms with Gasteiger partial charge in [-0.25, -0.2) is 8.42 Å². The summed E-state index contributed by atoms with van der Waals surface area (Å²) < 4.78 is 23.9. The van der Waals surface area contributed by atoms with Crippen LogP contribution in [0.25, 0.3) is 0 Å². The first-order valence-electron chi connectivity index (χ1n) is 4.86. The van der Waals surface area contributed by atoms with E-state index in [0.29, 0.717) is 5.02 Å². The van der Waals surface area contributed by atoms with Crippen molar-refractivity contribution in [2.45, 2.75) is 18.7 Å². The van der Waals surface area contributed by atoms with Crippen molar-refractivity contribution in [3.63, 3.8) is 0 Å². The number of aliphatic hydroxyl groups excluding tert-OH is 1. The summed E-state index contributed by atoms with van der Waals surface area (Å²) in [5, 5.41) is 9.56. The third-order valence-corrected chi connectivity index (χ3v) is 4.59. The molecule has 0 aliphatic heterocycles. The minimum absolute atomic E-state index is 0.0852. The van der Waals surface area contributed by atoms with E-state index >= 15 is 0 Å². The molecule has 0 bridgehead atoms. The Balaban J connectivity index is 2.99. The van der Waals surface area contributed by atoms with Gasteiger partial charge >= 0.3 is 0 Å². The third-order valence-electron chi connectivity index (χ3n) is 2.18. The highest BCUT2D eigenvalue weighted by molar-refractivity contribution is 7.91. The van der Waals surface area contributed by atoms with E-state index in [0.717, 1.165) is 0 Å². The van der Waals surface area contributed by atoms with Crippen LogP contribution in [0.15, 0.2) is 29.2 Å². The van der Waals surface area contributed by atoms with Crippen molar-refractivity contribution in [2.24, 2.45) is 5.41 Å². The van der Waals surface area contributed by atoms with Gasteiger partial charge in [-0.15, -0.1) is 0 Å². The fraction of sp³-hybridized carbons (Fsp3) is 0.455. The van der Waals surface area contributed by atoms with Crippen LogP contribution in [0.3, 0.4) is 0 Å². The minimum atomic E-state index is -3.37. The molecule has 16 heavy (non-hydrogen) atoms. The predicted molar refractivity (Wildman–Crippen MR) is 64.4 cm³/mol. The van der Waals surface area contributed by atoms with Gasteiger partial charge < -0.3 is 5.11 Å². The van der Waals surface area contributed by atoms with Crippen molar-refractivity contribution in [2.75, 3.05) is 12.4 Å². The molecule has 0 aliphatic carbocycles. The molecule has 3 nitrogen and oxygen atoms in total. The first-order valence-corrected chi connectivity index (χ1v) is 6.89. The molecule has 0 aromatic heterocycles. The maximum absolute atomic E-state index is 12.0. The second-order valence-electron chi connectivity index (χ2n) is 4.54. The van der Waals surface area contributed by atoms with Crippen molar-refractivity contribution in [3.05, 3.63) is 29.3 Å². The topological polar surface area (TPSA) is 54.4 Å². The van der Waals surface area contributed by atoms with Crippen molar-refractivity contribution in [1.29, 1.82) is 0 Å². The number of halogens is 1. The molecule has 0 saturated carbocycles. The Morgan fingerprint density at radius 3 is 2.19 bits per heavy atom. The Morgan fingerprint density at radius 2 is 1.75 bits per heavy atom. The maximum atomic E-state index is 12.0. The lowest BCUT2D eigenvalue weighted by atomic mass is 9.98. The molecule has 1 rings (SSSR count). The molecule has 0 spiro atoms. The van der Waals surface area contributed by atoms with Gasteiger partial charge in [0.25, 0.3) is 0 Å². The van der Waals surface area contributed by atoms with E-state index in [1.165, 1.54) is 12.1 Å². The summed E-state index contributed by atoms with van der Waals surface area (Å²) in [5.74, 6) is -0.0852. The van der Waals surface area contributed by atoms with E-state index in [1.54, 1.807) is 26.0 Å². The van der Waals surface area contributed by atoms with Gasteiger partial charge in [-0.1, -0.05) is 25.4 Å². The van der Waals surface area contributed by atoms with Crippen LogP contribution in [0.5, 0.6) is 0 Å². The second kappa shape index (κ2) is 4.73. The fourth-order valence-electron chi connectivity index (χ4n) is 1.29. The normalized spacial score (nSPS) is 12.8. The largest absolute Gasteiger partial charge is 0.396 e. The molecule has 1 N–H and O–H groups in total. The Kier molecular flexibility index (Phi) is 3.99. The Bertz CT molecular complexity index is 449. The van der Waals surface area contributed by atoms with Crippen LogP contribution in [0.1, 0.15) is 13.8 Å². The Labute approximate surface area is 101 Å². The summed E-state index contributed by atoms with van der Waals surface area (Å²) in [4.78, 5) is 0.235. The number of hydrogen-bond acceptors (Lipinski definition) is 3. The predicted octanol–water partition coefficient (Wildman–Crippen LogP) is 2.13. The van der Waals surface area contributed by atoms with Gasteiger partial charge in [0.2, 0.25) is 0 Å². The van der Waals surface area contributed by atoms with E-state index in [1.807, 2.05) is 0 Å². The number of aliphatic hydroxyl groups is 1. The molecule has 1 aromatic rings. The SMILES string of the molecule is CC(C)(CO)CS(=O)(=O)c1ccc(Cl)cc1. The van der Waals surface area contributed by atoms with E-state index < -0.39 is 15.3 Å². The van der Waals surface area contributed by atoms with E-state index in [-0.39, 0.29) is 17.3 Å². The average Bonchev–Trinajstić information content (AvgIpc) is 2.17. The summed E-state index contributed by atoms with van der Waals surface area (Å²) in [5.41, 5.74) is -0.640. The highest BCUT2D eigenvalue weighted by Crippen LogP contribution is 2.23. The molecule has 0 atom stereocenters. The summed E-state index contributed by atoms with van der Waals surface area (Å²) in [6.45, 7) is 3.25. The van der Waals surface area contributed by atoms with Gasteiger partial charge in [0.05, 0.1) is 10.6 Å². The zero-order chi connectivity index (χ0) is 12.4. The molecular formula is C11H15ClO3S. The molecule has 0 saturated heterocycles. The van der Waals surface area contributed by atoms with Gasteiger partial charge in [-0.2, -0.15) is 0 Å². The van der Waals surface area contributed by atoms with Gasteiger partial charge in [0.1, 0.15) is 0 Å². The van der Waals surface area contributed by atoms with Crippen molar-refractivity contribution in [3.8, 4) is 0 Å². The number of benzene rings is 1. The molecular weight excluding hydrogens is 248 g/mol. The Hall–Kier alpha value is -0.580. The molecule has 0 aliphatic rings. The fourth-order valence-corrected chi connectivity index (χ4v) is 3.25. The standard InChI is InChI=1S/C11H15ClO3S/c1-11(2,7-13)8-16(14,15)10-5-3-9(12)4-6-10/h3-6,13H,7-8H2,1-2H3. The summed E-state index contributed by atoms with van der Waals surface area (Å²) in [7, 11) is -3.37. The molecule has 1 aromatic carbocycles. The van der Waals surface area contributed by atoms with Gasteiger partial charge in [0.15, 0.2) is 9.84 Å². The number of hydrogen-bond donors (Lipinski definition) is 1. The Morgan fingerprint density at radius 1 is 1.25 bits per heavy atom. The summed E-state index contributed by atoms with van der Waals surface area (Å²) in [6, 6.07) is 6.04.